The number of rotatable bonds is 6. The third-order valence-corrected chi connectivity index (χ3v) is 1.71. The molecule has 0 heterocycles. The first-order chi connectivity index (χ1) is 5.12. The molecule has 0 rings (SSSR count). The molecule has 0 spiro atoms. The zero-order chi connectivity index (χ0) is 8.74. The van der Waals surface area contributed by atoms with E-state index in [1.165, 1.54) is 0 Å². The number of hydrogen-bond acceptors (Lipinski definition) is 2. The molecule has 0 aliphatic carbocycles. The van der Waals surface area contributed by atoms with E-state index in [4.69, 9.17) is 10.5 Å². The fraction of sp³-hybridized carbons (Fsp3) is 0.778. The quantitative estimate of drug-likeness (QED) is 0.470. The highest BCUT2D eigenvalue weighted by Crippen LogP contribution is 2.04. The highest BCUT2D eigenvalue weighted by Gasteiger charge is 2.14. The Morgan fingerprint density at radius 3 is 2.73 bits per heavy atom. The van der Waals surface area contributed by atoms with E-state index in [9.17, 15) is 0 Å². The molecule has 66 valence electrons. The maximum Gasteiger partial charge on any atom is 0.0643 e. The van der Waals surface area contributed by atoms with Crippen LogP contribution in [-0.4, -0.2) is 18.8 Å². The first-order valence-corrected chi connectivity index (χ1v) is 4.10. The summed E-state index contributed by atoms with van der Waals surface area (Å²) >= 11 is 0. The van der Waals surface area contributed by atoms with E-state index in [1.807, 2.05) is 13.0 Å². The van der Waals surface area contributed by atoms with Gasteiger partial charge < -0.3 is 10.5 Å². The van der Waals surface area contributed by atoms with Crippen LogP contribution in [0.1, 0.15) is 26.7 Å². The molecule has 0 aromatic rings. The SMILES string of the molecule is C=CCCOCC(C)(N)CC. The molecule has 0 bridgehead atoms. The third-order valence-electron chi connectivity index (χ3n) is 1.71. The zero-order valence-corrected chi connectivity index (χ0v) is 7.60. The van der Waals surface area contributed by atoms with Crippen LogP contribution >= 0.6 is 0 Å². The molecular weight excluding hydrogens is 138 g/mol. The molecule has 0 aliphatic rings. The van der Waals surface area contributed by atoms with Gasteiger partial charge >= 0.3 is 0 Å². The molecule has 2 N–H and O–H groups in total. The van der Waals surface area contributed by atoms with Gasteiger partial charge in [-0.2, -0.15) is 0 Å². The molecule has 0 amide bonds. The molecule has 0 saturated carbocycles. The van der Waals surface area contributed by atoms with Gasteiger partial charge in [0, 0.05) is 5.54 Å². The molecule has 0 radical (unpaired) electrons. The van der Waals surface area contributed by atoms with Crippen LogP contribution in [0, 0.1) is 0 Å². The van der Waals surface area contributed by atoms with E-state index in [2.05, 4.69) is 13.5 Å². The van der Waals surface area contributed by atoms with Crippen LogP contribution in [0.4, 0.5) is 0 Å². The molecule has 1 unspecified atom stereocenters. The van der Waals surface area contributed by atoms with Gasteiger partial charge in [0.05, 0.1) is 13.2 Å². The molecule has 0 aliphatic heterocycles. The molecule has 2 nitrogen and oxygen atoms in total. The van der Waals surface area contributed by atoms with Gasteiger partial charge in [-0.25, -0.2) is 0 Å². The highest BCUT2D eigenvalue weighted by molar-refractivity contribution is 4.75. The summed E-state index contributed by atoms with van der Waals surface area (Å²) in [7, 11) is 0. The second kappa shape index (κ2) is 5.33. The summed E-state index contributed by atoms with van der Waals surface area (Å²) in [5, 5.41) is 0. The van der Waals surface area contributed by atoms with E-state index in [0.29, 0.717) is 6.61 Å². The summed E-state index contributed by atoms with van der Waals surface area (Å²) in [6.45, 7) is 9.04. The molecular formula is C9H19NO. The van der Waals surface area contributed by atoms with Crippen molar-refractivity contribution in [3.05, 3.63) is 12.7 Å². The first kappa shape index (κ1) is 10.7. The van der Waals surface area contributed by atoms with E-state index in [-0.39, 0.29) is 5.54 Å². The lowest BCUT2D eigenvalue weighted by atomic mass is 10.0. The van der Waals surface area contributed by atoms with Crippen LogP contribution in [-0.2, 0) is 4.74 Å². The van der Waals surface area contributed by atoms with Gasteiger partial charge in [-0.05, 0) is 19.8 Å². The van der Waals surface area contributed by atoms with Crippen LogP contribution < -0.4 is 5.73 Å². The maximum atomic E-state index is 5.85. The Hall–Kier alpha value is -0.340. The average molecular weight is 157 g/mol. The average Bonchev–Trinajstić information content (AvgIpc) is 1.99. The van der Waals surface area contributed by atoms with Crippen LogP contribution in [0.2, 0.25) is 0 Å². The van der Waals surface area contributed by atoms with Crippen molar-refractivity contribution in [2.75, 3.05) is 13.2 Å². The van der Waals surface area contributed by atoms with Gasteiger partial charge in [0.15, 0.2) is 0 Å². The Morgan fingerprint density at radius 2 is 2.27 bits per heavy atom. The summed E-state index contributed by atoms with van der Waals surface area (Å²) < 4.78 is 5.33. The fourth-order valence-corrected chi connectivity index (χ4v) is 0.574. The summed E-state index contributed by atoms with van der Waals surface area (Å²) in [5.41, 5.74) is 5.68. The third kappa shape index (κ3) is 6.07. The van der Waals surface area contributed by atoms with Crippen LogP contribution in [0.25, 0.3) is 0 Å². The Kier molecular flexibility index (Phi) is 5.16. The minimum Gasteiger partial charge on any atom is -0.379 e. The van der Waals surface area contributed by atoms with Crippen molar-refractivity contribution in [2.45, 2.75) is 32.2 Å². The lowest BCUT2D eigenvalue weighted by Crippen LogP contribution is -2.40. The van der Waals surface area contributed by atoms with E-state index in [0.717, 1.165) is 19.4 Å². The standard InChI is InChI=1S/C9H19NO/c1-4-6-7-11-8-9(3,10)5-2/h4H,1,5-8,10H2,2-3H3. The van der Waals surface area contributed by atoms with Crippen molar-refractivity contribution in [3.63, 3.8) is 0 Å². The van der Waals surface area contributed by atoms with Gasteiger partial charge in [-0.15, -0.1) is 6.58 Å². The summed E-state index contributed by atoms with van der Waals surface area (Å²) in [5.74, 6) is 0. The Bertz CT molecular complexity index is 110. The van der Waals surface area contributed by atoms with Crippen LogP contribution in [0.15, 0.2) is 12.7 Å². The maximum absolute atomic E-state index is 5.85. The lowest BCUT2D eigenvalue weighted by molar-refractivity contribution is 0.0930. The number of hydrogen-bond donors (Lipinski definition) is 1. The molecule has 0 aromatic heterocycles. The van der Waals surface area contributed by atoms with Crippen molar-refractivity contribution in [1.82, 2.24) is 0 Å². The second-order valence-corrected chi connectivity index (χ2v) is 3.14. The Labute approximate surface area is 69.4 Å². The van der Waals surface area contributed by atoms with Crippen molar-refractivity contribution >= 4 is 0 Å². The van der Waals surface area contributed by atoms with E-state index < -0.39 is 0 Å². The molecule has 0 fully saturated rings. The summed E-state index contributed by atoms with van der Waals surface area (Å²) in [4.78, 5) is 0. The van der Waals surface area contributed by atoms with Gasteiger partial charge in [0.1, 0.15) is 0 Å². The number of nitrogens with two attached hydrogens (primary N) is 1. The minimum absolute atomic E-state index is 0.166. The van der Waals surface area contributed by atoms with Crippen LogP contribution in [0.3, 0.4) is 0 Å². The lowest BCUT2D eigenvalue weighted by Gasteiger charge is -2.21. The first-order valence-electron chi connectivity index (χ1n) is 4.10. The molecule has 1 atom stereocenters. The smallest absolute Gasteiger partial charge is 0.0643 e. The highest BCUT2D eigenvalue weighted by atomic mass is 16.5. The number of ether oxygens (including phenoxy) is 1. The monoisotopic (exact) mass is 157 g/mol. The van der Waals surface area contributed by atoms with Crippen molar-refractivity contribution < 1.29 is 4.74 Å². The predicted molar refractivity (Wildman–Crippen MR) is 48.5 cm³/mol. The van der Waals surface area contributed by atoms with Gasteiger partial charge in [-0.3, -0.25) is 0 Å². The molecule has 2 heteroatoms. The minimum atomic E-state index is -0.166. The van der Waals surface area contributed by atoms with Gasteiger partial charge in [0.25, 0.3) is 0 Å². The Balaban J connectivity index is 3.29. The van der Waals surface area contributed by atoms with Gasteiger partial charge in [0.2, 0.25) is 0 Å². The van der Waals surface area contributed by atoms with E-state index >= 15 is 0 Å². The predicted octanol–water partition coefficient (Wildman–Crippen LogP) is 1.71. The van der Waals surface area contributed by atoms with Crippen molar-refractivity contribution in [2.24, 2.45) is 5.73 Å². The second-order valence-electron chi connectivity index (χ2n) is 3.14. The molecule has 0 aromatic carbocycles. The fourth-order valence-electron chi connectivity index (χ4n) is 0.574. The van der Waals surface area contributed by atoms with Gasteiger partial charge in [-0.1, -0.05) is 13.0 Å². The molecule has 0 saturated heterocycles. The zero-order valence-electron chi connectivity index (χ0n) is 7.60. The molecule has 11 heavy (non-hydrogen) atoms. The van der Waals surface area contributed by atoms with Crippen molar-refractivity contribution in [1.29, 1.82) is 0 Å². The summed E-state index contributed by atoms with van der Waals surface area (Å²) in [6, 6.07) is 0. The van der Waals surface area contributed by atoms with Crippen LogP contribution in [0.5, 0.6) is 0 Å². The topological polar surface area (TPSA) is 35.2 Å². The Morgan fingerprint density at radius 1 is 1.64 bits per heavy atom. The summed E-state index contributed by atoms with van der Waals surface area (Å²) in [6.07, 6.45) is 3.70. The van der Waals surface area contributed by atoms with E-state index in [1.54, 1.807) is 0 Å². The largest absolute Gasteiger partial charge is 0.379 e. The van der Waals surface area contributed by atoms with Crippen molar-refractivity contribution in [3.8, 4) is 0 Å². The normalized spacial score (nSPS) is 15.9.